The van der Waals surface area contributed by atoms with Crippen molar-refractivity contribution >= 4 is 5.82 Å². The monoisotopic (exact) mass is 233 g/mol. The van der Waals surface area contributed by atoms with Gasteiger partial charge in [0, 0.05) is 25.3 Å². The van der Waals surface area contributed by atoms with E-state index in [0.29, 0.717) is 12.6 Å². The molecule has 2 rings (SSSR count). The summed E-state index contributed by atoms with van der Waals surface area (Å²) in [6.07, 6.45) is 8.53. The van der Waals surface area contributed by atoms with Gasteiger partial charge in [0.15, 0.2) is 0 Å². The highest BCUT2D eigenvalue weighted by Crippen LogP contribution is 2.27. The molecule has 0 spiro atoms. The van der Waals surface area contributed by atoms with Gasteiger partial charge in [0.25, 0.3) is 0 Å². The highest BCUT2D eigenvalue weighted by atomic mass is 15.2. The largest absolute Gasteiger partial charge is 0.352 e. The smallest absolute Gasteiger partial charge is 0.131 e. The Morgan fingerprint density at radius 2 is 2.12 bits per heavy atom. The van der Waals surface area contributed by atoms with Crippen molar-refractivity contribution in [3.63, 3.8) is 0 Å². The van der Waals surface area contributed by atoms with E-state index in [4.69, 9.17) is 5.73 Å². The zero-order valence-electron chi connectivity index (χ0n) is 10.7. The van der Waals surface area contributed by atoms with Gasteiger partial charge in [-0.2, -0.15) is 0 Å². The van der Waals surface area contributed by atoms with Crippen LogP contribution in [0.25, 0.3) is 0 Å². The van der Waals surface area contributed by atoms with Crippen molar-refractivity contribution in [2.45, 2.75) is 45.1 Å². The molecule has 1 aromatic rings. The van der Waals surface area contributed by atoms with Gasteiger partial charge in [-0.15, -0.1) is 0 Å². The van der Waals surface area contributed by atoms with Gasteiger partial charge >= 0.3 is 0 Å². The number of anilines is 1. The second-order valence-electron chi connectivity index (χ2n) is 4.92. The van der Waals surface area contributed by atoms with Crippen LogP contribution in [-0.2, 0) is 0 Å². The van der Waals surface area contributed by atoms with Crippen molar-refractivity contribution in [1.29, 1.82) is 0 Å². The summed E-state index contributed by atoms with van der Waals surface area (Å²) in [5, 5.41) is 0. The van der Waals surface area contributed by atoms with E-state index in [2.05, 4.69) is 22.9 Å². The van der Waals surface area contributed by atoms with Crippen LogP contribution in [0.5, 0.6) is 0 Å². The molecule has 0 saturated heterocycles. The minimum Gasteiger partial charge on any atom is -0.352 e. The van der Waals surface area contributed by atoms with Crippen molar-refractivity contribution in [3.05, 3.63) is 23.9 Å². The lowest BCUT2D eigenvalue weighted by molar-refractivity contribution is 0.414. The fraction of sp³-hybridized carbons (Fsp3) is 0.643. The first-order valence-electron chi connectivity index (χ1n) is 6.71. The van der Waals surface area contributed by atoms with Crippen LogP contribution in [0.3, 0.4) is 0 Å². The van der Waals surface area contributed by atoms with Crippen LogP contribution in [0.2, 0.25) is 0 Å². The Morgan fingerprint density at radius 1 is 1.35 bits per heavy atom. The zero-order valence-corrected chi connectivity index (χ0v) is 10.7. The molecule has 0 amide bonds. The highest BCUT2D eigenvalue weighted by molar-refractivity contribution is 5.47. The Hall–Kier alpha value is -1.09. The molecular formula is C14H23N3. The normalized spacial score (nSPS) is 17.1. The van der Waals surface area contributed by atoms with Gasteiger partial charge in [0.1, 0.15) is 5.82 Å². The first-order valence-corrected chi connectivity index (χ1v) is 6.71. The lowest BCUT2D eigenvalue weighted by atomic mass is 9.94. The van der Waals surface area contributed by atoms with Crippen LogP contribution in [0, 0.1) is 6.92 Å². The average Bonchev–Trinajstić information content (AvgIpc) is 2.38. The number of rotatable bonds is 4. The lowest BCUT2D eigenvalue weighted by Gasteiger charge is -2.35. The van der Waals surface area contributed by atoms with Crippen LogP contribution in [0.4, 0.5) is 5.82 Å². The molecule has 0 unspecified atom stereocenters. The second kappa shape index (κ2) is 6.01. The molecule has 0 bridgehead atoms. The second-order valence-corrected chi connectivity index (χ2v) is 4.92. The van der Waals surface area contributed by atoms with E-state index in [1.807, 2.05) is 12.3 Å². The van der Waals surface area contributed by atoms with Crippen molar-refractivity contribution in [1.82, 2.24) is 4.98 Å². The summed E-state index contributed by atoms with van der Waals surface area (Å²) >= 11 is 0. The third-order valence-electron chi connectivity index (χ3n) is 3.64. The maximum atomic E-state index is 5.75. The SMILES string of the molecule is Cc1cccnc1N(CCN)C1CCCCC1. The summed E-state index contributed by atoms with van der Waals surface area (Å²) in [5.41, 5.74) is 7.01. The topological polar surface area (TPSA) is 42.2 Å². The van der Waals surface area contributed by atoms with Gasteiger partial charge in [-0.1, -0.05) is 25.3 Å². The lowest BCUT2D eigenvalue weighted by Crippen LogP contribution is -2.41. The van der Waals surface area contributed by atoms with Crippen molar-refractivity contribution in [2.75, 3.05) is 18.0 Å². The van der Waals surface area contributed by atoms with E-state index < -0.39 is 0 Å². The fourth-order valence-electron chi connectivity index (χ4n) is 2.77. The van der Waals surface area contributed by atoms with Gasteiger partial charge in [0.2, 0.25) is 0 Å². The Bertz CT molecular complexity index is 345. The number of nitrogens with zero attached hydrogens (tertiary/aromatic N) is 2. The molecule has 1 aliphatic carbocycles. The predicted molar refractivity (Wildman–Crippen MR) is 72.2 cm³/mol. The van der Waals surface area contributed by atoms with E-state index in [9.17, 15) is 0 Å². The first-order chi connectivity index (χ1) is 8.33. The summed E-state index contributed by atoms with van der Waals surface area (Å²) in [4.78, 5) is 6.97. The van der Waals surface area contributed by atoms with E-state index in [1.165, 1.54) is 37.7 Å². The number of hydrogen-bond acceptors (Lipinski definition) is 3. The van der Waals surface area contributed by atoms with Gasteiger partial charge in [-0.05, 0) is 31.4 Å². The maximum Gasteiger partial charge on any atom is 0.131 e. The van der Waals surface area contributed by atoms with Gasteiger partial charge in [-0.3, -0.25) is 0 Å². The summed E-state index contributed by atoms with van der Waals surface area (Å²) in [5.74, 6) is 1.13. The average molecular weight is 233 g/mol. The molecule has 17 heavy (non-hydrogen) atoms. The summed E-state index contributed by atoms with van der Waals surface area (Å²) in [7, 11) is 0. The third kappa shape index (κ3) is 2.97. The number of aryl methyl sites for hydroxylation is 1. The Morgan fingerprint density at radius 3 is 2.76 bits per heavy atom. The molecule has 1 saturated carbocycles. The molecule has 0 atom stereocenters. The van der Waals surface area contributed by atoms with Crippen LogP contribution in [0.15, 0.2) is 18.3 Å². The molecule has 94 valence electrons. The number of aromatic nitrogens is 1. The third-order valence-corrected chi connectivity index (χ3v) is 3.64. The fourth-order valence-corrected chi connectivity index (χ4v) is 2.77. The number of hydrogen-bond donors (Lipinski definition) is 1. The summed E-state index contributed by atoms with van der Waals surface area (Å²) in [6, 6.07) is 4.77. The summed E-state index contributed by atoms with van der Waals surface area (Å²) < 4.78 is 0. The van der Waals surface area contributed by atoms with Crippen LogP contribution < -0.4 is 10.6 Å². The van der Waals surface area contributed by atoms with Crippen LogP contribution in [-0.4, -0.2) is 24.1 Å². The Balaban J connectivity index is 2.18. The molecular weight excluding hydrogens is 210 g/mol. The number of nitrogens with two attached hydrogens (primary N) is 1. The summed E-state index contributed by atoms with van der Waals surface area (Å²) in [6.45, 7) is 3.75. The van der Waals surface area contributed by atoms with Crippen LogP contribution >= 0.6 is 0 Å². The van der Waals surface area contributed by atoms with Crippen molar-refractivity contribution < 1.29 is 0 Å². The Labute approximate surface area is 104 Å². The zero-order chi connectivity index (χ0) is 12.1. The first kappa shape index (κ1) is 12.4. The van der Waals surface area contributed by atoms with E-state index in [1.54, 1.807) is 0 Å². The standard InChI is InChI=1S/C14H23N3/c1-12-6-5-10-16-14(12)17(11-9-15)13-7-3-2-4-8-13/h5-6,10,13H,2-4,7-9,11,15H2,1H3. The minimum absolute atomic E-state index is 0.640. The molecule has 3 heteroatoms. The van der Waals surface area contributed by atoms with E-state index >= 15 is 0 Å². The Kier molecular flexibility index (Phi) is 4.37. The molecule has 0 aliphatic heterocycles. The van der Waals surface area contributed by atoms with E-state index in [0.717, 1.165) is 12.4 Å². The molecule has 1 heterocycles. The van der Waals surface area contributed by atoms with Gasteiger partial charge in [0.05, 0.1) is 0 Å². The minimum atomic E-state index is 0.640. The molecule has 0 aromatic carbocycles. The number of pyridine rings is 1. The van der Waals surface area contributed by atoms with Gasteiger partial charge in [-0.25, -0.2) is 4.98 Å². The molecule has 0 radical (unpaired) electrons. The van der Waals surface area contributed by atoms with Crippen LogP contribution in [0.1, 0.15) is 37.7 Å². The molecule has 1 aromatic heterocycles. The van der Waals surface area contributed by atoms with E-state index in [-0.39, 0.29) is 0 Å². The molecule has 1 aliphatic rings. The maximum absolute atomic E-state index is 5.75. The predicted octanol–water partition coefficient (Wildman–Crippen LogP) is 2.49. The van der Waals surface area contributed by atoms with Crippen molar-refractivity contribution in [3.8, 4) is 0 Å². The quantitative estimate of drug-likeness (QED) is 0.868. The highest BCUT2D eigenvalue weighted by Gasteiger charge is 2.22. The van der Waals surface area contributed by atoms with Crippen molar-refractivity contribution in [2.24, 2.45) is 5.73 Å². The molecule has 2 N–H and O–H groups in total. The molecule has 3 nitrogen and oxygen atoms in total. The molecule has 1 fully saturated rings. The van der Waals surface area contributed by atoms with Gasteiger partial charge < -0.3 is 10.6 Å².